The minimum Gasteiger partial charge on any atom is -0.496 e. The van der Waals surface area contributed by atoms with Crippen LogP contribution < -0.4 is 4.74 Å². The summed E-state index contributed by atoms with van der Waals surface area (Å²) in [5.74, 6) is 0.803. The minimum atomic E-state index is -0.744. The van der Waals surface area contributed by atoms with E-state index >= 15 is 0 Å². The van der Waals surface area contributed by atoms with E-state index in [1.807, 2.05) is 55.7 Å². The Bertz CT molecular complexity index is 749. The molecule has 0 bridgehead atoms. The predicted octanol–water partition coefficient (Wildman–Crippen LogP) is 2.66. The summed E-state index contributed by atoms with van der Waals surface area (Å²) >= 11 is 0. The Kier molecular flexibility index (Phi) is 3.16. The second-order valence-corrected chi connectivity index (χ2v) is 4.72. The van der Waals surface area contributed by atoms with Gasteiger partial charge in [0.25, 0.3) is 0 Å². The molecule has 4 nitrogen and oxygen atoms in total. The molecule has 1 heterocycles. The Morgan fingerprint density at radius 1 is 1.10 bits per heavy atom. The molecular weight excluding hydrogens is 252 g/mol. The summed E-state index contributed by atoms with van der Waals surface area (Å²) in [6.45, 7) is 0. The molecule has 3 rings (SSSR count). The van der Waals surface area contributed by atoms with Gasteiger partial charge in [0.2, 0.25) is 0 Å². The molecule has 3 aromatic rings. The molecular formula is C16H16N2O2. The Morgan fingerprint density at radius 3 is 2.50 bits per heavy atom. The lowest BCUT2D eigenvalue weighted by atomic mass is 9.98. The van der Waals surface area contributed by atoms with Crippen LogP contribution in [0.2, 0.25) is 0 Å². The summed E-state index contributed by atoms with van der Waals surface area (Å²) in [4.78, 5) is 0. The number of hydrogen-bond acceptors (Lipinski definition) is 3. The van der Waals surface area contributed by atoms with E-state index in [1.165, 1.54) is 0 Å². The van der Waals surface area contributed by atoms with E-state index in [9.17, 15) is 5.11 Å². The van der Waals surface area contributed by atoms with Crippen molar-refractivity contribution in [2.24, 2.45) is 7.05 Å². The van der Waals surface area contributed by atoms with Crippen molar-refractivity contribution < 1.29 is 9.84 Å². The molecule has 0 aliphatic rings. The van der Waals surface area contributed by atoms with Crippen LogP contribution in [0, 0.1) is 0 Å². The van der Waals surface area contributed by atoms with Gasteiger partial charge in [-0.05, 0) is 23.1 Å². The molecule has 0 radical (unpaired) electrons. The molecule has 1 aromatic heterocycles. The summed E-state index contributed by atoms with van der Waals surface area (Å²) < 4.78 is 7.06. The predicted molar refractivity (Wildman–Crippen MR) is 77.8 cm³/mol. The summed E-state index contributed by atoms with van der Waals surface area (Å²) in [5, 5.41) is 16.8. The van der Waals surface area contributed by atoms with Crippen LogP contribution in [0.4, 0.5) is 0 Å². The molecule has 2 aromatic carbocycles. The van der Waals surface area contributed by atoms with Gasteiger partial charge in [0.05, 0.1) is 12.8 Å². The van der Waals surface area contributed by atoms with Crippen LogP contribution in [-0.4, -0.2) is 22.0 Å². The van der Waals surface area contributed by atoms with E-state index < -0.39 is 6.10 Å². The zero-order chi connectivity index (χ0) is 14.1. The maximum Gasteiger partial charge on any atom is 0.126 e. The highest BCUT2D eigenvalue weighted by molar-refractivity contribution is 5.91. The summed E-state index contributed by atoms with van der Waals surface area (Å²) in [7, 11) is 3.49. The average Bonchev–Trinajstić information content (AvgIpc) is 2.92. The number of hydrogen-bond donors (Lipinski definition) is 1. The number of methoxy groups -OCH3 is 1. The van der Waals surface area contributed by atoms with Gasteiger partial charge in [0, 0.05) is 18.6 Å². The van der Waals surface area contributed by atoms with Gasteiger partial charge in [-0.1, -0.05) is 30.3 Å². The monoisotopic (exact) mass is 268 g/mol. The highest BCUT2D eigenvalue weighted by atomic mass is 16.5. The quantitative estimate of drug-likeness (QED) is 0.794. The zero-order valence-electron chi connectivity index (χ0n) is 11.4. The largest absolute Gasteiger partial charge is 0.496 e. The third-order valence-electron chi connectivity index (χ3n) is 3.45. The molecule has 1 unspecified atom stereocenters. The normalized spacial score (nSPS) is 12.6. The lowest BCUT2D eigenvalue weighted by molar-refractivity contribution is 0.216. The van der Waals surface area contributed by atoms with E-state index in [4.69, 9.17) is 4.74 Å². The maximum absolute atomic E-state index is 10.6. The first kappa shape index (κ1) is 12.7. The number of rotatable bonds is 3. The SMILES string of the molecule is COc1ccc(C(O)c2ccn(C)n2)c2ccccc12. The van der Waals surface area contributed by atoms with Gasteiger partial charge in [-0.3, -0.25) is 4.68 Å². The molecule has 4 heteroatoms. The smallest absolute Gasteiger partial charge is 0.126 e. The molecule has 0 aliphatic carbocycles. The average molecular weight is 268 g/mol. The van der Waals surface area contributed by atoms with Crippen molar-refractivity contribution in [2.45, 2.75) is 6.10 Å². The number of nitrogens with zero attached hydrogens (tertiary/aromatic N) is 2. The molecule has 0 aliphatic heterocycles. The van der Waals surface area contributed by atoms with Gasteiger partial charge in [-0.15, -0.1) is 0 Å². The fourth-order valence-corrected chi connectivity index (χ4v) is 2.45. The molecule has 0 spiro atoms. The van der Waals surface area contributed by atoms with Crippen molar-refractivity contribution in [3.8, 4) is 5.75 Å². The number of aromatic nitrogens is 2. The summed E-state index contributed by atoms with van der Waals surface area (Å²) in [5.41, 5.74) is 1.47. The van der Waals surface area contributed by atoms with Gasteiger partial charge < -0.3 is 9.84 Å². The minimum absolute atomic E-state index is 0.641. The topological polar surface area (TPSA) is 47.3 Å². The van der Waals surface area contributed by atoms with E-state index in [0.29, 0.717) is 5.69 Å². The maximum atomic E-state index is 10.6. The van der Waals surface area contributed by atoms with Crippen molar-refractivity contribution in [1.29, 1.82) is 0 Å². The molecule has 20 heavy (non-hydrogen) atoms. The number of aliphatic hydroxyl groups excluding tert-OH is 1. The first-order valence-corrected chi connectivity index (χ1v) is 6.44. The Balaban J connectivity index is 2.17. The summed E-state index contributed by atoms with van der Waals surface area (Å²) in [6.07, 6.45) is 1.08. The van der Waals surface area contributed by atoms with Crippen molar-refractivity contribution in [2.75, 3.05) is 7.11 Å². The van der Waals surface area contributed by atoms with E-state index in [-0.39, 0.29) is 0 Å². The van der Waals surface area contributed by atoms with Crippen molar-refractivity contribution in [1.82, 2.24) is 9.78 Å². The standard InChI is InChI=1S/C16H16N2O2/c1-18-10-9-14(17-18)16(19)13-7-8-15(20-2)12-6-4-3-5-11(12)13/h3-10,16,19H,1-2H3. The van der Waals surface area contributed by atoms with E-state index in [1.54, 1.807) is 11.8 Å². The second kappa shape index (κ2) is 4.98. The summed E-state index contributed by atoms with van der Waals surface area (Å²) in [6, 6.07) is 13.5. The van der Waals surface area contributed by atoms with Crippen molar-refractivity contribution >= 4 is 10.8 Å². The third-order valence-corrected chi connectivity index (χ3v) is 3.45. The molecule has 102 valence electrons. The first-order valence-electron chi connectivity index (χ1n) is 6.44. The lowest BCUT2D eigenvalue weighted by Gasteiger charge is -2.14. The van der Waals surface area contributed by atoms with Gasteiger partial charge >= 0.3 is 0 Å². The first-order chi connectivity index (χ1) is 9.70. The molecule has 1 N–H and O–H groups in total. The molecule has 0 amide bonds. The van der Waals surface area contributed by atoms with Gasteiger partial charge in [-0.25, -0.2) is 0 Å². The van der Waals surface area contributed by atoms with Gasteiger partial charge in [-0.2, -0.15) is 5.10 Å². The molecule has 0 saturated heterocycles. The number of benzene rings is 2. The van der Waals surface area contributed by atoms with Gasteiger partial charge in [0.1, 0.15) is 11.9 Å². The molecule has 0 saturated carbocycles. The molecule has 1 atom stereocenters. The Hall–Kier alpha value is -2.33. The van der Waals surface area contributed by atoms with Crippen LogP contribution >= 0.6 is 0 Å². The number of fused-ring (bicyclic) bond motifs is 1. The Labute approximate surface area is 117 Å². The van der Waals surface area contributed by atoms with Crippen LogP contribution in [0.15, 0.2) is 48.7 Å². The second-order valence-electron chi connectivity index (χ2n) is 4.72. The lowest BCUT2D eigenvalue weighted by Crippen LogP contribution is -2.03. The number of ether oxygens (including phenoxy) is 1. The fraction of sp³-hybridized carbons (Fsp3) is 0.188. The molecule has 0 fully saturated rings. The number of aryl methyl sites for hydroxylation is 1. The Morgan fingerprint density at radius 2 is 1.85 bits per heavy atom. The van der Waals surface area contributed by atoms with Crippen LogP contribution in [0.3, 0.4) is 0 Å². The van der Waals surface area contributed by atoms with Gasteiger partial charge in [0.15, 0.2) is 0 Å². The van der Waals surface area contributed by atoms with Crippen molar-refractivity contribution in [3.63, 3.8) is 0 Å². The van der Waals surface area contributed by atoms with Crippen molar-refractivity contribution in [3.05, 3.63) is 59.9 Å². The van der Waals surface area contributed by atoms with Crippen LogP contribution in [0.25, 0.3) is 10.8 Å². The highest BCUT2D eigenvalue weighted by Crippen LogP contribution is 2.33. The third kappa shape index (κ3) is 2.04. The fourth-order valence-electron chi connectivity index (χ4n) is 2.45. The van der Waals surface area contributed by atoms with Crippen LogP contribution in [-0.2, 0) is 7.05 Å². The van der Waals surface area contributed by atoms with Crippen LogP contribution in [0.1, 0.15) is 17.4 Å². The zero-order valence-corrected chi connectivity index (χ0v) is 11.4. The van der Waals surface area contributed by atoms with E-state index in [2.05, 4.69) is 5.10 Å². The number of aliphatic hydroxyl groups is 1. The van der Waals surface area contributed by atoms with E-state index in [0.717, 1.165) is 22.1 Å². The highest BCUT2D eigenvalue weighted by Gasteiger charge is 2.17. The van der Waals surface area contributed by atoms with Crippen LogP contribution in [0.5, 0.6) is 5.75 Å².